The number of rotatable bonds is 6. The molecule has 1 aliphatic heterocycles. The average Bonchev–Trinajstić information content (AvgIpc) is 2.60. The Morgan fingerprint density at radius 2 is 1.74 bits per heavy atom. The first-order valence-corrected chi connectivity index (χ1v) is 8.13. The molecule has 0 saturated carbocycles. The standard InChI is InChI=1S/C17H25N3O3/c1-3-19(4-2)13-16(21)18-15-7-5-14(6-8-15)17(22)20-9-11-23-12-10-20/h5-8H,3-4,9-13H2,1-2H3,(H,18,21). The first kappa shape index (κ1) is 17.4. The molecule has 126 valence electrons. The third-order valence-electron chi connectivity index (χ3n) is 3.98. The number of hydrogen-bond donors (Lipinski definition) is 1. The average molecular weight is 319 g/mol. The molecule has 0 spiro atoms. The lowest BCUT2D eigenvalue weighted by atomic mass is 10.1. The topological polar surface area (TPSA) is 61.9 Å². The van der Waals surface area contributed by atoms with Gasteiger partial charge in [-0.3, -0.25) is 14.5 Å². The van der Waals surface area contributed by atoms with E-state index in [9.17, 15) is 9.59 Å². The van der Waals surface area contributed by atoms with Gasteiger partial charge >= 0.3 is 0 Å². The molecule has 6 nitrogen and oxygen atoms in total. The zero-order valence-corrected chi connectivity index (χ0v) is 13.9. The molecule has 0 atom stereocenters. The van der Waals surface area contributed by atoms with Gasteiger partial charge in [-0.25, -0.2) is 0 Å². The summed E-state index contributed by atoms with van der Waals surface area (Å²) in [5.41, 5.74) is 1.34. The van der Waals surface area contributed by atoms with Crippen LogP contribution in [-0.4, -0.2) is 67.6 Å². The summed E-state index contributed by atoms with van der Waals surface area (Å²) >= 11 is 0. The molecule has 2 rings (SSSR count). The predicted molar refractivity (Wildman–Crippen MR) is 89.6 cm³/mol. The van der Waals surface area contributed by atoms with Crippen molar-refractivity contribution in [1.82, 2.24) is 9.80 Å². The number of carbonyl (C=O) groups excluding carboxylic acids is 2. The van der Waals surface area contributed by atoms with Crippen LogP contribution in [0.4, 0.5) is 5.69 Å². The molecule has 1 N–H and O–H groups in total. The van der Waals surface area contributed by atoms with Gasteiger partial charge in [-0.2, -0.15) is 0 Å². The van der Waals surface area contributed by atoms with E-state index in [0.29, 0.717) is 44.1 Å². The number of nitrogens with one attached hydrogen (secondary N) is 1. The van der Waals surface area contributed by atoms with Gasteiger partial charge in [0.2, 0.25) is 5.91 Å². The highest BCUT2D eigenvalue weighted by molar-refractivity contribution is 5.96. The van der Waals surface area contributed by atoms with Crippen LogP contribution in [0.1, 0.15) is 24.2 Å². The van der Waals surface area contributed by atoms with Gasteiger partial charge in [-0.15, -0.1) is 0 Å². The second-order valence-electron chi connectivity index (χ2n) is 5.49. The monoisotopic (exact) mass is 319 g/mol. The first-order chi connectivity index (χ1) is 11.1. The number of morpholine rings is 1. The largest absolute Gasteiger partial charge is 0.378 e. The molecule has 0 radical (unpaired) electrons. The van der Waals surface area contributed by atoms with E-state index in [4.69, 9.17) is 4.74 Å². The number of carbonyl (C=O) groups is 2. The number of hydrogen-bond acceptors (Lipinski definition) is 4. The van der Waals surface area contributed by atoms with Crippen LogP contribution >= 0.6 is 0 Å². The van der Waals surface area contributed by atoms with E-state index in [1.54, 1.807) is 29.2 Å². The van der Waals surface area contributed by atoms with Crippen LogP contribution in [-0.2, 0) is 9.53 Å². The Morgan fingerprint density at radius 3 is 2.30 bits per heavy atom. The van der Waals surface area contributed by atoms with Crippen LogP contribution in [0.3, 0.4) is 0 Å². The highest BCUT2D eigenvalue weighted by atomic mass is 16.5. The van der Waals surface area contributed by atoms with Gasteiger partial charge in [-0.1, -0.05) is 13.8 Å². The fraction of sp³-hybridized carbons (Fsp3) is 0.529. The number of anilines is 1. The smallest absolute Gasteiger partial charge is 0.254 e. The van der Waals surface area contributed by atoms with Crippen LogP contribution in [0.15, 0.2) is 24.3 Å². The van der Waals surface area contributed by atoms with Gasteiger partial charge in [0.25, 0.3) is 5.91 Å². The fourth-order valence-corrected chi connectivity index (χ4v) is 2.50. The minimum Gasteiger partial charge on any atom is -0.378 e. The SMILES string of the molecule is CCN(CC)CC(=O)Nc1ccc(C(=O)N2CCOCC2)cc1. The number of benzene rings is 1. The Hall–Kier alpha value is -1.92. The number of likely N-dealkylation sites (N-methyl/N-ethyl adjacent to an activating group) is 1. The highest BCUT2D eigenvalue weighted by Crippen LogP contribution is 2.12. The predicted octanol–water partition coefficient (Wildman–Crippen LogP) is 1.44. The van der Waals surface area contributed by atoms with Crippen molar-refractivity contribution in [2.75, 3.05) is 51.3 Å². The molecule has 0 aliphatic carbocycles. The van der Waals surface area contributed by atoms with Gasteiger partial charge in [-0.05, 0) is 37.4 Å². The Balaban J connectivity index is 1.91. The number of amides is 2. The Kier molecular flexibility index (Phi) is 6.55. The van der Waals surface area contributed by atoms with Crippen molar-refractivity contribution in [1.29, 1.82) is 0 Å². The summed E-state index contributed by atoms with van der Waals surface area (Å²) in [4.78, 5) is 28.1. The van der Waals surface area contributed by atoms with E-state index >= 15 is 0 Å². The zero-order chi connectivity index (χ0) is 16.7. The molecule has 23 heavy (non-hydrogen) atoms. The molecule has 0 bridgehead atoms. The minimum absolute atomic E-state index is 0.00863. The molecular weight excluding hydrogens is 294 g/mol. The third-order valence-corrected chi connectivity index (χ3v) is 3.98. The van der Waals surface area contributed by atoms with E-state index in [1.807, 2.05) is 18.7 Å². The molecule has 1 saturated heterocycles. The van der Waals surface area contributed by atoms with Crippen LogP contribution in [0.2, 0.25) is 0 Å². The third kappa shape index (κ3) is 5.04. The molecule has 1 aromatic rings. The molecule has 0 aromatic heterocycles. The Bertz CT molecular complexity index is 520. The molecule has 2 amide bonds. The summed E-state index contributed by atoms with van der Waals surface area (Å²) in [6.45, 7) is 8.56. The second-order valence-corrected chi connectivity index (χ2v) is 5.49. The Morgan fingerprint density at radius 1 is 1.13 bits per heavy atom. The van der Waals surface area contributed by atoms with Crippen molar-refractivity contribution >= 4 is 17.5 Å². The maximum atomic E-state index is 12.3. The van der Waals surface area contributed by atoms with Crippen LogP contribution in [0, 0.1) is 0 Å². The van der Waals surface area contributed by atoms with Gasteiger partial charge in [0.05, 0.1) is 19.8 Å². The summed E-state index contributed by atoms with van der Waals surface area (Å²) in [5, 5.41) is 2.86. The van der Waals surface area contributed by atoms with E-state index in [-0.39, 0.29) is 11.8 Å². The van der Waals surface area contributed by atoms with E-state index in [0.717, 1.165) is 13.1 Å². The van der Waals surface area contributed by atoms with Crippen molar-refractivity contribution in [3.63, 3.8) is 0 Å². The normalized spacial score (nSPS) is 14.8. The lowest BCUT2D eigenvalue weighted by Gasteiger charge is -2.26. The second kappa shape index (κ2) is 8.64. The van der Waals surface area contributed by atoms with Crippen LogP contribution in [0.25, 0.3) is 0 Å². The maximum Gasteiger partial charge on any atom is 0.254 e. The van der Waals surface area contributed by atoms with Crippen LogP contribution in [0.5, 0.6) is 0 Å². The molecular formula is C17H25N3O3. The van der Waals surface area contributed by atoms with Gasteiger partial charge in [0.15, 0.2) is 0 Å². The van der Waals surface area contributed by atoms with Crippen molar-refractivity contribution in [2.24, 2.45) is 0 Å². The van der Waals surface area contributed by atoms with Gasteiger partial charge in [0.1, 0.15) is 0 Å². The molecule has 1 aromatic carbocycles. The van der Waals surface area contributed by atoms with Crippen LogP contribution < -0.4 is 5.32 Å². The number of ether oxygens (including phenoxy) is 1. The summed E-state index contributed by atoms with van der Waals surface area (Å²) < 4.78 is 5.25. The first-order valence-electron chi connectivity index (χ1n) is 8.13. The Labute approximate surface area is 137 Å². The van der Waals surface area contributed by atoms with E-state index < -0.39 is 0 Å². The maximum absolute atomic E-state index is 12.3. The summed E-state index contributed by atoms with van der Waals surface area (Å²) in [5.74, 6) is -0.0322. The van der Waals surface area contributed by atoms with Crippen molar-refractivity contribution < 1.29 is 14.3 Å². The lowest BCUT2D eigenvalue weighted by Crippen LogP contribution is -2.40. The molecule has 1 heterocycles. The summed E-state index contributed by atoms with van der Waals surface area (Å²) in [7, 11) is 0. The molecule has 6 heteroatoms. The van der Waals surface area contributed by atoms with E-state index in [2.05, 4.69) is 5.32 Å². The van der Waals surface area contributed by atoms with Gasteiger partial charge < -0.3 is 15.0 Å². The highest BCUT2D eigenvalue weighted by Gasteiger charge is 2.18. The van der Waals surface area contributed by atoms with Crippen molar-refractivity contribution in [2.45, 2.75) is 13.8 Å². The van der Waals surface area contributed by atoms with Crippen molar-refractivity contribution in [3.8, 4) is 0 Å². The zero-order valence-electron chi connectivity index (χ0n) is 13.9. The fourth-order valence-electron chi connectivity index (χ4n) is 2.50. The summed E-state index contributed by atoms with van der Waals surface area (Å²) in [6.07, 6.45) is 0. The van der Waals surface area contributed by atoms with Gasteiger partial charge in [0, 0.05) is 24.3 Å². The lowest BCUT2D eigenvalue weighted by molar-refractivity contribution is -0.117. The summed E-state index contributed by atoms with van der Waals surface area (Å²) in [6, 6.07) is 7.05. The quantitative estimate of drug-likeness (QED) is 0.862. The molecule has 1 aliphatic rings. The molecule has 0 unspecified atom stereocenters. The van der Waals surface area contributed by atoms with Crippen molar-refractivity contribution in [3.05, 3.63) is 29.8 Å². The number of nitrogens with zero attached hydrogens (tertiary/aromatic N) is 2. The molecule has 1 fully saturated rings. The van der Waals surface area contributed by atoms with E-state index in [1.165, 1.54) is 0 Å². The minimum atomic E-state index is -0.0408.